The molecule has 1 aromatic heterocycles. The molecule has 1 saturated heterocycles. The van der Waals surface area contributed by atoms with Gasteiger partial charge in [-0.1, -0.05) is 12.5 Å². The van der Waals surface area contributed by atoms with Gasteiger partial charge in [0, 0.05) is 0 Å². The van der Waals surface area contributed by atoms with Gasteiger partial charge in [0.1, 0.15) is 5.01 Å². The zero-order valence-corrected chi connectivity index (χ0v) is 10.3. The molecule has 1 N–H and O–H groups in total. The van der Waals surface area contributed by atoms with Crippen molar-refractivity contribution in [2.75, 3.05) is 6.54 Å². The summed E-state index contributed by atoms with van der Waals surface area (Å²) in [4.78, 5) is 4.73. The molecule has 2 aromatic rings. The van der Waals surface area contributed by atoms with Crippen LogP contribution in [-0.2, 0) is 0 Å². The zero-order chi connectivity index (χ0) is 11.0. The molecule has 3 heteroatoms. The molecule has 1 atom stereocenters. The Morgan fingerprint density at radius 3 is 3.12 bits per heavy atom. The monoisotopic (exact) mass is 232 g/mol. The molecule has 1 fully saturated rings. The van der Waals surface area contributed by atoms with Gasteiger partial charge in [0.25, 0.3) is 0 Å². The fraction of sp³-hybridized carbons (Fsp3) is 0.462. The van der Waals surface area contributed by atoms with Crippen LogP contribution in [0.5, 0.6) is 0 Å². The predicted octanol–water partition coefficient (Wildman–Crippen LogP) is 3.42. The first-order chi connectivity index (χ1) is 7.83. The van der Waals surface area contributed by atoms with E-state index in [0.29, 0.717) is 6.04 Å². The molecule has 1 aliphatic rings. The molecular formula is C13H16N2S. The van der Waals surface area contributed by atoms with Crippen molar-refractivity contribution in [3.05, 3.63) is 28.8 Å². The fourth-order valence-corrected chi connectivity index (χ4v) is 3.44. The van der Waals surface area contributed by atoms with Crippen LogP contribution in [0.4, 0.5) is 0 Å². The molecule has 2 heterocycles. The molecule has 1 aliphatic heterocycles. The molecule has 1 aromatic carbocycles. The molecule has 1 unspecified atom stereocenters. The normalized spacial score (nSPS) is 21.4. The van der Waals surface area contributed by atoms with Crippen molar-refractivity contribution >= 4 is 21.6 Å². The lowest BCUT2D eigenvalue weighted by molar-refractivity contribution is 0.411. The standard InChI is InChI=1S/C13H16N2S/c1-9-5-6-10-12(8-9)16-13(15-10)11-4-2-3-7-14-11/h5-6,8,11,14H,2-4,7H2,1H3. The lowest BCUT2D eigenvalue weighted by Crippen LogP contribution is -2.26. The Labute approximate surface area is 99.7 Å². The molecule has 84 valence electrons. The third kappa shape index (κ3) is 1.85. The summed E-state index contributed by atoms with van der Waals surface area (Å²) in [6.07, 6.45) is 3.87. The minimum absolute atomic E-state index is 0.492. The van der Waals surface area contributed by atoms with E-state index in [1.165, 1.54) is 34.5 Å². The number of hydrogen-bond acceptors (Lipinski definition) is 3. The van der Waals surface area contributed by atoms with Crippen LogP contribution in [0, 0.1) is 6.92 Å². The Kier molecular flexibility index (Phi) is 2.65. The lowest BCUT2D eigenvalue weighted by atomic mass is 10.1. The van der Waals surface area contributed by atoms with Crippen LogP contribution in [0.2, 0.25) is 0 Å². The van der Waals surface area contributed by atoms with E-state index >= 15 is 0 Å². The Hall–Kier alpha value is -0.930. The van der Waals surface area contributed by atoms with Gasteiger partial charge in [0.05, 0.1) is 16.3 Å². The first-order valence-electron chi connectivity index (χ1n) is 5.93. The minimum Gasteiger partial charge on any atom is -0.308 e. The van der Waals surface area contributed by atoms with E-state index in [0.717, 1.165) is 12.1 Å². The van der Waals surface area contributed by atoms with Crippen molar-refractivity contribution in [2.24, 2.45) is 0 Å². The average Bonchev–Trinajstić information content (AvgIpc) is 2.73. The molecule has 0 radical (unpaired) electrons. The van der Waals surface area contributed by atoms with Gasteiger partial charge in [0.15, 0.2) is 0 Å². The summed E-state index contributed by atoms with van der Waals surface area (Å²) in [7, 11) is 0. The van der Waals surface area contributed by atoms with Crippen LogP contribution >= 0.6 is 11.3 Å². The summed E-state index contributed by atoms with van der Waals surface area (Å²) in [5.74, 6) is 0. The summed E-state index contributed by atoms with van der Waals surface area (Å²) in [6.45, 7) is 3.28. The SMILES string of the molecule is Cc1ccc2nc(C3CCCCN3)sc2c1. The number of aromatic nitrogens is 1. The number of nitrogens with zero attached hydrogens (tertiary/aromatic N) is 1. The van der Waals surface area contributed by atoms with E-state index in [4.69, 9.17) is 4.98 Å². The summed E-state index contributed by atoms with van der Waals surface area (Å²) in [6, 6.07) is 7.00. The zero-order valence-electron chi connectivity index (χ0n) is 9.49. The van der Waals surface area contributed by atoms with E-state index < -0.39 is 0 Å². The third-order valence-electron chi connectivity index (χ3n) is 3.17. The Balaban J connectivity index is 1.97. The first-order valence-corrected chi connectivity index (χ1v) is 6.75. The van der Waals surface area contributed by atoms with Gasteiger partial charge < -0.3 is 5.32 Å². The summed E-state index contributed by atoms with van der Waals surface area (Å²) in [5.41, 5.74) is 2.47. The Morgan fingerprint density at radius 1 is 1.38 bits per heavy atom. The molecule has 2 nitrogen and oxygen atoms in total. The molecule has 3 rings (SSSR count). The highest BCUT2D eigenvalue weighted by Crippen LogP contribution is 2.30. The second-order valence-electron chi connectivity index (χ2n) is 4.53. The number of aryl methyl sites for hydroxylation is 1. The third-order valence-corrected chi connectivity index (χ3v) is 4.30. The highest BCUT2D eigenvalue weighted by molar-refractivity contribution is 7.18. The van der Waals surface area contributed by atoms with Crippen LogP contribution in [0.15, 0.2) is 18.2 Å². The quantitative estimate of drug-likeness (QED) is 0.815. The maximum absolute atomic E-state index is 4.73. The van der Waals surface area contributed by atoms with Gasteiger partial charge in [0.2, 0.25) is 0 Å². The molecule has 16 heavy (non-hydrogen) atoms. The molecule has 0 saturated carbocycles. The van der Waals surface area contributed by atoms with Gasteiger partial charge >= 0.3 is 0 Å². The lowest BCUT2D eigenvalue weighted by Gasteiger charge is -2.20. The second kappa shape index (κ2) is 4.15. The van der Waals surface area contributed by atoms with Crippen molar-refractivity contribution < 1.29 is 0 Å². The average molecular weight is 232 g/mol. The highest BCUT2D eigenvalue weighted by Gasteiger charge is 2.18. The molecule has 0 amide bonds. The van der Waals surface area contributed by atoms with E-state index in [-0.39, 0.29) is 0 Å². The maximum Gasteiger partial charge on any atom is 0.111 e. The smallest absolute Gasteiger partial charge is 0.111 e. The number of hydrogen-bond donors (Lipinski definition) is 1. The van der Waals surface area contributed by atoms with Crippen molar-refractivity contribution in [2.45, 2.75) is 32.2 Å². The molecule has 0 aliphatic carbocycles. The Bertz CT molecular complexity index is 498. The number of piperidine rings is 1. The highest BCUT2D eigenvalue weighted by atomic mass is 32.1. The molecule has 0 bridgehead atoms. The summed E-state index contributed by atoms with van der Waals surface area (Å²) < 4.78 is 1.32. The van der Waals surface area contributed by atoms with Crippen LogP contribution in [0.3, 0.4) is 0 Å². The van der Waals surface area contributed by atoms with Gasteiger partial charge in [-0.25, -0.2) is 4.98 Å². The van der Waals surface area contributed by atoms with Crippen molar-refractivity contribution in [3.63, 3.8) is 0 Å². The van der Waals surface area contributed by atoms with Crippen LogP contribution in [0.25, 0.3) is 10.2 Å². The largest absolute Gasteiger partial charge is 0.308 e. The van der Waals surface area contributed by atoms with Crippen molar-refractivity contribution in [1.29, 1.82) is 0 Å². The topological polar surface area (TPSA) is 24.9 Å². The number of fused-ring (bicyclic) bond motifs is 1. The van der Waals surface area contributed by atoms with E-state index in [2.05, 4.69) is 30.4 Å². The van der Waals surface area contributed by atoms with Crippen LogP contribution < -0.4 is 5.32 Å². The van der Waals surface area contributed by atoms with Crippen molar-refractivity contribution in [1.82, 2.24) is 10.3 Å². The summed E-state index contributed by atoms with van der Waals surface area (Å²) in [5, 5.41) is 4.82. The fourth-order valence-electron chi connectivity index (χ4n) is 2.26. The van der Waals surface area contributed by atoms with Crippen molar-refractivity contribution in [3.8, 4) is 0 Å². The van der Waals surface area contributed by atoms with E-state index in [9.17, 15) is 0 Å². The number of benzene rings is 1. The minimum atomic E-state index is 0.492. The number of nitrogens with one attached hydrogen (secondary N) is 1. The van der Waals surface area contributed by atoms with E-state index in [1.807, 2.05) is 11.3 Å². The van der Waals surface area contributed by atoms with Gasteiger partial charge in [-0.15, -0.1) is 11.3 Å². The summed E-state index contributed by atoms with van der Waals surface area (Å²) >= 11 is 1.84. The second-order valence-corrected chi connectivity index (χ2v) is 5.59. The molecular weight excluding hydrogens is 216 g/mol. The van der Waals surface area contributed by atoms with E-state index in [1.54, 1.807) is 0 Å². The number of thiazole rings is 1. The molecule has 0 spiro atoms. The van der Waals surface area contributed by atoms with Gasteiger partial charge in [-0.3, -0.25) is 0 Å². The first kappa shape index (κ1) is 10.2. The maximum atomic E-state index is 4.73. The van der Waals surface area contributed by atoms with Gasteiger partial charge in [-0.2, -0.15) is 0 Å². The number of rotatable bonds is 1. The van der Waals surface area contributed by atoms with Crippen LogP contribution in [0.1, 0.15) is 35.9 Å². The van der Waals surface area contributed by atoms with Gasteiger partial charge in [-0.05, 0) is 44.0 Å². The predicted molar refractivity (Wildman–Crippen MR) is 69.0 cm³/mol. The van der Waals surface area contributed by atoms with Crippen LogP contribution in [-0.4, -0.2) is 11.5 Å². The Morgan fingerprint density at radius 2 is 2.31 bits per heavy atom.